The van der Waals surface area contributed by atoms with E-state index < -0.39 is 0 Å². The van der Waals surface area contributed by atoms with Gasteiger partial charge in [0.25, 0.3) is 0 Å². The Labute approximate surface area is 164 Å². The molecular formula is C24H34O3. The lowest BCUT2D eigenvalue weighted by atomic mass is 9.70. The summed E-state index contributed by atoms with van der Waals surface area (Å²) in [4.78, 5) is 11.3. The number of ether oxygens (including phenoxy) is 2. The van der Waals surface area contributed by atoms with Crippen molar-refractivity contribution in [2.75, 3.05) is 13.2 Å². The van der Waals surface area contributed by atoms with Gasteiger partial charge in [0.1, 0.15) is 19.0 Å². The number of rotatable bonds is 7. The zero-order chi connectivity index (χ0) is 19.1. The zero-order valence-electron chi connectivity index (χ0n) is 16.8. The largest absolute Gasteiger partial charge is 0.490 e. The van der Waals surface area contributed by atoms with Gasteiger partial charge in [-0.25, -0.2) is 4.79 Å². The Balaban J connectivity index is 1.40. The molecule has 2 aliphatic rings. The van der Waals surface area contributed by atoms with E-state index in [4.69, 9.17) is 9.47 Å². The third-order valence-corrected chi connectivity index (χ3v) is 6.37. The van der Waals surface area contributed by atoms with Crippen LogP contribution in [0.3, 0.4) is 0 Å². The summed E-state index contributed by atoms with van der Waals surface area (Å²) in [7, 11) is 0. The average Bonchev–Trinajstić information content (AvgIpc) is 2.72. The Hall–Kier alpha value is -1.77. The lowest BCUT2D eigenvalue weighted by molar-refractivity contribution is -0.139. The average molecular weight is 371 g/mol. The van der Waals surface area contributed by atoms with Crippen LogP contribution in [0, 0.1) is 11.8 Å². The molecule has 1 aromatic carbocycles. The van der Waals surface area contributed by atoms with Gasteiger partial charge in [-0.15, -0.1) is 0 Å². The molecule has 0 aliphatic heterocycles. The summed E-state index contributed by atoms with van der Waals surface area (Å²) in [5.74, 6) is 3.16. The highest BCUT2D eigenvalue weighted by atomic mass is 16.6. The summed E-state index contributed by atoms with van der Waals surface area (Å²) in [6.07, 6.45) is 12.8. The van der Waals surface area contributed by atoms with Crippen LogP contribution in [0.1, 0.15) is 76.2 Å². The maximum atomic E-state index is 11.3. The fourth-order valence-corrected chi connectivity index (χ4v) is 4.78. The van der Waals surface area contributed by atoms with Crippen LogP contribution in [0.2, 0.25) is 0 Å². The summed E-state index contributed by atoms with van der Waals surface area (Å²) in [5, 5.41) is 0. The Morgan fingerprint density at radius 1 is 0.926 bits per heavy atom. The van der Waals surface area contributed by atoms with E-state index in [1.807, 2.05) is 12.1 Å². The summed E-state index contributed by atoms with van der Waals surface area (Å²) in [6.45, 7) is 5.82. The standard InChI is InChI=1S/C24H34O3/c1-18(2)24(25)27-17-16-26-23-14-12-22(13-15-23)21-10-8-20(9-11-21)19-6-4-3-5-7-19/h12-15,19-21H,1,3-11,16-17H2,2H3. The molecule has 0 unspecified atom stereocenters. The van der Waals surface area contributed by atoms with E-state index >= 15 is 0 Å². The Morgan fingerprint density at radius 3 is 2.19 bits per heavy atom. The van der Waals surface area contributed by atoms with Gasteiger partial charge in [-0.2, -0.15) is 0 Å². The van der Waals surface area contributed by atoms with Crippen molar-refractivity contribution in [1.29, 1.82) is 0 Å². The minimum Gasteiger partial charge on any atom is -0.490 e. The van der Waals surface area contributed by atoms with Crippen molar-refractivity contribution in [2.45, 2.75) is 70.6 Å². The first-order valence-electron chi connectivity index (χ1n) is 10.7. The Morgan fingerprint density at radius 2 is 1.56 bits per heavy atom. The SMILES string of the molecule is C=C(C)C(=O)OCCOc1ccc(C2CCC(C3CCCCC3)CC2)cc1. The molecule has 3 heteroatoms. The number of carbonyl (C=O) groups is 1. The molecule has 27 heavy (non-hydrogen) atoms. The molecule has 0 amide bonds. The fraction of sp³-hybridized carbons (Fsp3) is 0.625. The Kier molecular flexibility index (Phi) is 7.37. The first-order chi connectivity index (χ1) is 13.1. The second-order valence-electron chi connectivity index (χ2n) is 8.34. The van der Waals surface area contributed by atoms with Crippen molar-refractivity contribution in [3.05, 3.63) is 42.0 Å². The molecule has 0 atom stereocenters. The number of carbonyl (C=O) groups excluding carboxylic acids is 1. The molecule has 0 heterocycles. The van der Waals surface area contributed by atoms with Gasteiger partial charge < -0.3 is 9.47 Å². The van der Waals surface area contributed by atoms with Gasteiger partial charge in [0.15, 0.2) is 0 Å². The summed E-state index contributed by atoms with van der Waals surface area (Å²) >= 11 is 0. The first-order valence-corrected chi connectivity index (χ1v) is 10.7. The van der Waals surface area contributed by atoms with Crippen molar-refractivity contribution < 1.29 is 14.3 Å². The Bertz CT molecular complexity index is 605. The minimum absolute atomic E-state index is 0.249. The van der Waals surface area contributed by atoms with Crippen molar-refractivity contribution in [3.63, 3.8) is 0 Å². The normalized spacial score (nSPS) is 23.6. The van der Waals surface area contributed by atoms with Crippen LogP contribution in [-0.2, 0) is 9.53 Å². The highest BCUT2D eigenvalue weighted by molar-refractivity contribution is 5.86. The van der Waals surface area contributed by atoms with Crippen LogP contribution in [0.4, 0.5) is 0 Å². The molecule has 2 saturated carbocycles. The van der Waals surface area contributed by atoms with Gasteiger partial charge in [-0.1, -0.05) is 50.8 Å². The van der Waals surface area contributed by atoms with Crippen LogP contribution in [0.5, 0.6) is 5.75 Å². The van der Waals surface area contributed by atoms with E-state index in [-0.39, 0.29) is 12.6 Å². The molecule has 3 rings (SSSR count). The second kappa shape index (κ2) is 9.96. The zero-order valence-corrected chi connectivity index (χ0v) is 16.8. The third kappa shape index (κ3) is 5.85. The van der Waals surface area contributed by atoms with Crippen molar-refractivity contribution >= 4 is 5.97 Å². The van der Waals surface area contributed by atoms with Crippen LogP contribution in [-0.4, -0.2) is 19.2 Å². The van der Waals surface area contributed by atoms with Crippen molar-refractivity contribution in [2.24, 2.45) is 11.8 Å². The van der Waals surface area contributed by atoms with Crippen molar-refractivity contribution in [1.82, 2.24) is 0 Å². The van der Waals surface area contributed by atoms with Gasteiger partial charge in [0.2, 0.25) is 0 Å². The lowest BCUT2D eigenvalue weighted by Gasteiger charge is -2.36. The molecule has 3 nitrogen and oxygen atoms in total. The number of esters is 1. The van der Waals surface area contributed by atoms with Crippen LogP contribution < -0.4 is 4.74 Å². The second-order valence-corrected chi connectivity index (χ2v) is 8.34. The predicted octanol–water partition coefficient (Wildman–Crippen LogP) is 6.04. The summed E-state index contributed by atoms with van der Waals surface area (Å²) in [6, 6.07) is 8.51. The van der Waals surface area contributed by atoms with Gasteiger partial charge in [-0.05, 0) is 68.1 Å². The van der Waals surface area contributed by atoms with Gasteiger partial charge in [0, 0.05) is 5.57 Å². The van der Waals surface area contributed by atoms with Gasteiger partial charge in [-0.3, -0.25) is 0 Å². The number of hydrogen-bond donors (Lipinski definition) is 0. The quantitative estimate of drug-likeness (QED) is 0.333. The highest BCUT2D eigenvalue weighted by Gasteiger charge is 2.28. The summed E-state index contributed by atoms with van der Waals surface area (Å²) in [5.41, 5.74) is 1.86. The molecule has 0 N–H and O–H groups in total. The molecular weight excluding hydrogens is 336 g/mol. The summed E-state index contributed by atoms with van der Waals surface area (Å²) < 4.78 is 10.7. The van der Waals surface area contributed by atoms with Crippen LogP contribution in [0.25, 0.3) is 0 Å². The van der Waals surface area contributed by atoms with E-state index in [1.165, 1.54) is 63.4 Å². The molecule has 2 fully saturated rings. The first kappa shape index (κ1) is 20.0. The number of hydrogen-bond acceptors (Lipinski definition) is 3. The maximum absolute atomic E-state index is 11.3. The van der Waals surface area contributed by atoms with Gasteiger partial charge >= 0.3 is 5.97 Å². The molecule has 0 spiro atoms. The van der Waals surface area contributed by atoms with E-state index in [0.29, 0.717) is 18.1 Å². The molecule has 1 aromatic rings. The lowest BCUT2D eigenvalue weighted by Crippen LogP contribution is -2.23. The monoisotopic (exact) mass is 370 g/mol. The fourth-order valence-electron chi connectivity index (χ4n) is 4.78. The topological polar surface area (TPSA) is 35.5 Å². The highest BCUT2D eigenvalue weighted by Crippen LogP contribution is 2.43. The van der Waals surface area contributed by atoms with Crippen LogP contribution in [0.15, 0.2) is 36.4 Å². The maximum Gasteiger partial charge on any atom is 0.333 e. The molecule has 0 radical (unpaired) electrons. The molecule has 2 aliphatic carbocycles. The van der Waals surface area contributed by atoms with E-state index in [9.17, 15) is 4.79 Å². The predicted molar refractivity (Wildman–Crippen MR) is 109 cm³/mol. The van der Waals surface area contributed by atoms with Crippen molar-refractivity contribution in [3.8, 4) is 5.75 Å². The minimum atomic E-state index is -0.363. The van der Waals surface area contributed by atoms with E-state index in [0.717, 1.165) is 17.6 Å². The molecule has 0 bridgehead atoms. The van der Waals surface area contributed by atoms with Gasteiger partial charge in [0.05, 0.1) is 0 Å². The van der Waals surface area contributed by atoms with Crippen LogP contribution >= 0.6 is 0 Å². The van der Waals surface area contributed by atoms with E-state index in [2.05, 4.69) is 18.7 Å². The van der Waals surface area contributed by atoms with E-state index in [1.54, 1.807) is 6.92 Å². The molecule has 148 valence electrons. The molecule has 0 saturated heterocycles. The molecule has 0 aromatic heterocycles. The number of benzene rings is 1. The smallest absolute Gasteiger partial charge is 0.333 e. The third-order valence-electron chi connectivity index (χ3n) is 6.37.